The SMILES string of the molecule is COc1ccccc1OC(=O)[C@H](C)NC(=O)C(C)SC(=O)c1ccccc1. The predicted molar refractivity (Wildman–Crippen MR) is 104 cm³/mol. The lowest BCUT2D eigenvalue weighted by molar-refractivity contribution is -0.138. The molecule has 1 amide bonds. The molecule has 0 radical (unpaired) electrons. The summed E-state index contributed by atoms with van der Waals surface area (Å²) in [4.78, 5) is 36.7. The summed E-state index contributed by atoms with van der Waals surface area (Å²) in [5.74, 6) is -0.359. The third-order valence-electron chi connectivity index (χ3n) is 3.65. The number of thioether (sulfide) groups is 1. The number of rotatable bonds is 7. The minimum absolute atomic E-state index is 0.206. The van der Waals surface area contributed by atoms with E-state index in [1.54, 1.807) is 55.5 Å². The highest BCUT2D eigenvalue weighted by molar-refractivity contribution is 8.15. The average Bonchev–Trinajstić information content (AvgIpc) is 2.68. The minimum Gasteiger partial charge on any atom is -0.493 e. The highest BCUT2D eigenvalue weighted by Crippen LogP contribution is 2.26. The molecular formula is C20H21NO5S. The summed E-state index contributed by atoms with van der Waals surface area (Å²) in [7, 11) is 1.47. The molecule has 0 aliphatic carbocycles. The van der Waals surface area contributed by atoms with Gasteiger partial charge in [-0.2, -0.15) is 0 Å². The lowest BCUT2D eigenvalue weighted by Crippen LogP contribution is -2.44. The molecule has 0 bridgehead atoms. The second kappa shape index (κ2) is 9.78. The molecule has 6 nitrogen and oxygen atoms in total. The maximum Gasteiger partial charge on any atom is 0.333 e. The van der Waals surface area contributed by atoms with Gasteiger partial charge in [0.25, 0.3) is 0 Å². The van der Waals surface area contributed by atoms with Crippen LogP contribution >= 0.6 is 11.8 Å². The van der Waals surface area contributed by atoms with E-state index >= 15 is 0 Å². The number of carbonyl (C=O) groups excluding carboxylic acids is 3. The van der Waals surface area contributed by atoms with Crippen LogP contribution in [0.4, 0.5) is 0 Å². The van der Waals surface area contributed by atoms with Crippen LogP contribution in [0.2, 0.25) is 0 Å². The molecule has 1 N–H and O–H groups in total. The number of hydrogen-bond acceptors (Lipinski definition) is 6. The lowest BCUT2D eigenvalue weighted by Gasteiger charge is -2.17. The molecule has 0 saturated carbocycles. The summed E-state index contributed by atoms with van der Waals surface area (Å²) in [6, 6.07) is 14.6. The van der Waals surface area contributed by atoms with Gasteiger partial charge in [0.1, 0.15) is 6.04 Å². The third-order valence-corrected chi connectivity index (χ3v) is 4.67. The summed E-state index contributed by atoms with van der Waals surface area (Å²) in [5.41, 5.74) is 0.519. The van der Waals surface area contributed by atoms with Gasteiger partial charge in [-0.05, 0) is 26.0 Å². The summed E-state index contributed by atoms with van der Waals surface area (Å²) in [6.45, 7) is 3.13. The van der Waals surface area contributed by atoms with E-state index in [-0.39, 0.29) is 10.9 Å². The van der Waals surface area contributed by atoms with Crippen molar-refractivity contribution < 1.29 is 23.9 Å². The average molecular weight is 387 g/mol. The zero-order valence-corrected chi connectivity index (χ0v) is 16.1. The number of nitrogens with one attached hydrogen (secondary N) is 1. The Morgan fingerprint density at radius 3 is 2.15 bits per heavy atom. The lowest BCUT2D eigenvalue weighted by atomic mass is 10.2. The standard InChI is InChI=1S/C20H21NO5S/c1-13(19(23)26-17-12-8-7-11-16(17)25-3)21-18(22)14(2)27-20(24)15-9-5-4-6-10-15/h4-14H,1-3H3,(H,21,22)/t13-,14?/m0/s1. The number of ether oxygens (including phenoxy) is 2. The first-order valence-electron chi connectivity index (χ1n) is 8.33. The fraction of sp³-hybridized carbons (Fsp3) is 0.250. The molecule has 0 heterocycles. The first kappa shape index (κ1) is 20.5. The number of para-hydroxylation sites is 2. The molecule has 142 valence electrons. The van der Waals surface area contributed by atoms with Crippen LogP contribution in [0.15, 0.2) is 54.6 Å². The largest absolute Gasteiger partial charge is 0.493 e. The van der Waals surface area contributed by atoms with Gasteiger partial charge in [0, 0.05) is 5.56 Å². The molecular weight excluding hydrogens is 366 g/mol. The fourth-order valence-electron chi connectivity index (χ4n) is 2.15. The Morgan fingerprint density at radius 1 is 0.926 bits per heavy atom. The van der Waals surface area contributed by atoms with Crippen LogP contribution in [0.3, 0.4) is 0 Å². The van der Waals surface area contributed by atoms with Crippen LogP contribution in [-0.2, 0) is 9.59 Å². The summed E-state index contributed by atoms with van der Waals surface area (Å²) in [5, 5.41) is 1.71. The quantitative estimate of drug-likeness (QED) is 0.581. The van der Waals surface area contributed by atoms with Crippen molar-refractivity contribution in [2.45, 2.75) is 25.1 Å². The van der Waals surface area contributed by atoms with Crippen LogP contribution in [-0.4, -0.2) is 35.4 Å². The number of hydrogen-bond donors (Lipinski definition) is 1. The van der Waals surface area contributed by atoms with E-state index in [2.05, 4.69) is 5.32 Å². The highest BCUT2D eigenvalue weighted by Gasteiger charge is 2.24. The van der Waals surface area contributed by atoms with Crippen molar-refractivity contribution in [2.75, 3.05) is 7.11 Å². The van der Waals surface area contributed by atoms with E-state index in [0.717, 1.165) is 11.8 Å². The highest BCUT2D eigenvalue weighted by atomic mass is 32.2. The van der Waals surface area contributed by atoms with Crippen LogP contribution in [0.25, 0.3) is 0 Å². The maximum atomic E-state index is 12.3. The summed E-state index contributed by atoms with van der Waals surface area (Å²) >= 11 is 0.901. The van der Waals surface area contributed by atoms with Crippen LogP contribution in [0.1, 0.15) is 24.2 Å². The Morgan fingerprint density at radius 2 is 1.52 bits per heavy atom. The van der Waals surface area contributed by atoms with Crippen molar-refractivity contribution in [1.29, 1.82) is 0 Å². The van der Waals surface area contributed by atoms with Gasteiger partial charge in [0.15, 0.2) is 11.5 Å². The molecule has 0 aliphatic heterocycles. The normalized spacial score (nSPS) is 12.6. The van der Waals surface area contributed by atoms with Gasteiger partial charge in [-0.15, -0.1) is 0 Å². The van der Waals surface area contributed by atoms with Crippen molar-refractivity contribution in [3.8, 4) is 11.5 Å². The van der Waals surface area contributed by atoms with Crippen molar-refractivity contribution in [1.82, 2.24) is 5.32 Å². The predicted octanol–water partition coefficient (Wildman–Crippen LogP) is 3.07. The second-order valence-corrected chi connectivity index (χ2v) is 7.03. The Labute approximate surface area is 162 Å². The van der Waals surface area contributed by atoms with Crippen LogP contribution in [0.5, 0.6) is 11.5 Å². The first-order valence-corrected chi connectivity index (χ1v) is 9.21. The van der Waals surface area contributed by atoms with E-state index in [9.17, 15) is 14.4 Å². The van der Waals surface area contributed by atoms with E-state index < -0.39 is 23.2 Å². The summed E-state index contributed by atoms with van der Waals surface area (Å²) in [6.07, 6.45) is 0. The second-order valence-electron chi connectivity index (χ2n) is 5.72. The smallest absolute Gasteiger partial charge is 0.333 e. The Hall–Kier alpha value is -2.80. The zero-order chi connectivity index (χ0) is 19.8. The van der Waals surface area contributed by atoms with Crippen LogP contribution < -0.4 is 14.8 Å². The fourth-order valence-corrected chi connectivity index (χ4v) is 2.91. The van der Waals surface area contributed by atoms with Gasteiger partial charge in [-0.3, -0.25) is 9.59 Å². The molecule has 2 atom stereocenters. The molecule has 0 spiro atoms. The molecule has 0 fully saturated rings. The molecule has 0 saturated heterocycles. The van der Waals surface area contributed by atoms with E-state index in [0.29, 0.717) is 11.3 Å². The molecule has 2 aromatic rings. The van der Waals surface area contributed by atoms with Gasteiger partial charge >= 0.3 is 5.97 Å². The number of benzene rings is 2. The van der Waals surface area contributed by atoms with Gasteiger partial charge in [0.2, 0.25) is 11.0 Å². The molecule has 1 unspecified atom stereocenters. The van der Waals surface area contributed by atoms with E-state index in [1.165, 1.54) is 14.0 Å². The van der Waals surface area contributed by atoms with Gasteiger partial charge in [-0.25, -0.2) is 4.79 Å². The van der Waals surface area contributed by atoms with Crippen molar-refractivity contribution in [3.63, 3.8) is 0 Å². The summed E-state index contributed by atoms with van der Waals surface area (Å²) < 4.78 is 10.4. The Bertz CT molecular complexity index is 809. The number of esters is 1. The molecule has 0 aromatic heterocycles. The van der Waals surface area contributed by atoms with Gasteiger partial charge in [-0.1, -0.05) is 54.2 Å². The molecule has 27 heavy (non-hydrogen) atoms. The zero-order valence-electron chi connectivity index (χ0n) is 15.3. The van der Waals surface area contributed by atoms with Crippen LogP contribution in [0, 0.1) is 0 Å². The Balaban J connectivity index is 1.90. The maximum absolute atomic E-state index is 12.3. The number of methoxy groups -OCH3 is 1. The molecule has 2 aromatic carbocycles. The topological polar surface area (TPSA) is 81.7 Å². The first-order chi connectivity index (χ1) is 12.9. The Kier molecular flexibility index (Phi) is 7.43. The van der Waals surface area contributed by atoms with Gasteiger partial charge in [0.05, 0.1) is 12.4 Å². The van der Waals surface area contributed by atoms with Crippen molar-refractivity contribution >= 4 is 28.8 Å². The minimum atomic E-state index is -0.878. The van der Waals surface area contributed by atoms with Gasteiger partial charge < -0.3 is 14.8 Å². The molecule has 0 aliphatic rings. The number of amides is 1. The van der Waals surface area contributed by atoms with E-state index in [4.69, 9.17) is 9.47 Å². The van der Waals surface area contributed by atoms with E-state index in [1.807, 2.05) is 6.07 Å². The van der Waals surface area contributed by atoms with Crippen molar-refractivity contribution in [3.05, 3.63) is 60.2 Å². The van der Waals surface area contributed by atoms with Crippen molar-refractivity contribution in [2.24, 2.45) is 0 Å². The number of carbonyl (C=O) groups is 3. The third kappa shape index (κ3) is 5.86. The molecule has 7 heteroatoms. The monoisotopic (exact) mass is 387 g/mol. The molecule has 2 rings (SSSR count).